The zero-order chi connectivity index (χ0) is 26.0. The van der Waals surface area contributed by atoms with E-state index in [9.17, 15) is 18.7 Å². The first-order valence-corrected chi connectivity index (χ1v) is 12.3. The average molecular weight is 504 g/mol. The summed E-state index contributed by atoms with van der Waals surface area (Å²) < 4.78 is 30.8. The molecule has 0 spiro atoms. The van der Waals surface area contributed by atoms with Crippen LogP contribution in [0.2, 0.25) is 0 Å². The largest absolute Gasteiger partial charge is 0.481 e. The number of benzene rings is 2. The summed E-state index contributed by atoms with van der Waals surface area (Å²) in [5.74, 6) is -1.38. The maximum Gasteiger partial charge on any atom is 0.314 e. The third-order valence-electron chi connectivity index (χ3n) is 7.11. The van der Waals surface area contributed by atoms with Crippen LogP contribution in [-0.2, 0) is 23.2 Å². The molecule has 2 aromatic heterocycles. The molecule has 4 aromatic rings. The van der Waals surface area contributed by atoms with Gasteiger partial charge in [0.15, 0.2) is 17.5 Å². The molecule has 2 aromatic carbocycles. The van der Waals surface area contributed by atoms with E-state index in [0.29, 0.717) is 43.6 Å². The maximum atomic E-state index is 14.9. The van der Waals surface area contributed by atoms with Gasteiger partial charge >= 0.3 is 5.97 Å². The fraction of sp³-hybridized carbons (Fsp3) is 0.286. The first-order valence-electron chi connectivity index (χ1n) is 12.3. The fourth-order valence-electron chi connectivity index (χ4n) is 4.96. The highest BCUT2D eigenvalue weighted by atomic mass is 19.1. The highest BCUT2D eigenvalue weighted by Crippen LogP contribution is 2.37. The van der Waals surface area contributed by atoms with E-state index in [1.54, 1.807) is 27.8 Å². The van der Waals surface area contributed by atoms with Crippen molar-refractivity contribution in [2.24, 2.45) is 0 Å². The average Bonchev–Trinajstić information content (AvgIpc) is 3.33. The van der Waals surface area contributed by atoms with E-state index in [-0.39, 0.29) is 24.0 Å². The lowest BCUT2D eigenvalue weighted by atomic mass is 9.73. The number of carbonyl (C=O) groups is 1. The topological polar surface area (TPSA) is 84.1 Å². The van der Waals surface area contributed by atoms with Gasteiger partial charge in [-0.1, -0.05) is 55.5 Å². The lowest BCUT2D eigenvalue weighted by molar-refractivity contribution is -0.144. The summed E-state index contributed by atoms with van der Waals surface area (Å²) in [6.45, 7) is 2.89. The van der Waals surface area contributed by atoms with Crippen LogP contribution in [0.4, 0.5) is 14.6 Å². The van der Waals surface area contributed by atoms with Crippen molar-refractivity contribution in [1.29, 1.82) is 0 Å². The molecular formula is C28H27F2N5O2. The number of rotatable bonds is 7. The van der Waals surface area contributed by atoms with Crippen molar-refractivity contribution in [2.75, 3.05) is 18.0 Å². The van der Waals surface area contributed by atoms with E-state index in [4.69, 9.17) is 0 Å². The van der Waals surface area contributed by atoms with Crippen LogP contribution in [0.5, 0.6) is 0 Å². The molecule has 37 heavy (non-hydrogen) atoms. The van der Waals surface area contributed by atoms with E-state index in [1.165, 1.54) is 6.07 Å². The third-order valence-corrected chi connectivity index (χ3v) is 7.11. The van der Waals surface area contributed by atoms with Crippen molar-refractivity contribution in [3.63, 3.8) is 0 Å². The number of carboxylic acids is 1. The van der Waals surface area contributed by atoms with E-state index < -0.39 is 17.2 Å². The second-order valence-corrected chi connectivity index (χ2v) is 9.23. The molecule has 0 radical (unpaired) electrons. The number of halogens is 2. The lowest BCUT2D eigenvalue weighted by Crippen LogP contribution is -2.47. The van der Waals surface area contributed by atoms with Crippen molar-refractivity contribution in [2.45, 2.75) is 38.1 Å². The Hall–Kier alpha value is -4.14. The number of hydrogen-bond acceptors (Lipinski definition) is 5. The lowest BCUT2D eigenvalue weighted by Gasteiger charge is -2.39. The minimum Gasteiger partial charge on any atom is -0.481 e. The van der Waals surface area contributed by atoms with Crippen LogP contribution in [-0.4, -0.2) is 43.9 Å². The number of aromatic nitrogens is 4. The normalized spacial score (nSPS) is 15.1. The van der Waals surface area contributed by atoms with E-state index >= 15 is 0 Å². The maximum absolute atomic E-state index is 14.9. The molecule has 9 heteroatoms. The molecule has 1 fully saturated rings. The molecule has 1 N–H and O–H groups in total. The molecule has 0 saturated carbocycles. The fourth-order valence-corrected chi connectivity index (χ4v) is 4.96. The molecule has 1 aliphatic heterocycles. The van der Waals surface area contributed by atoms with Gasteiger partial charge in [-0.15, -0.1) is 0 Å². The summed E-state index contributed by atoms with van der Waals surface area (Å²) in [5.41, 5.74) is 1.58. The summed E-state index contributed by atoms with van der Waals surface area (Å²) in [5, 5.41) is 14.7. The SMILES string of the molecule is CCc1cc(-c2ncc(F)c(N3CCC(C(=O)O)(c4ccccc4)CC3)n2)nn1Cc1ccccc1F. The molecule has 0 amide bonds. The van der Waals surface area contributed by atoms with Gasteiger partial charge in [0.25, 0.3) is 0 Å². The zero-order valence-corrected chi connectivity index (χ0v) is 20.4. The first kappa shape index (κ1) is 24.5. The highest BCUT2D eigenvalue weighted by molar-refractivity contribution is 5.82. The number of hydrogen-bond donors (Lipinski definition) is 1. The Balaban J connectivity index is 1.40. The predicted molar refractivity (Wildman–Crippen MR) is 135 cm³/mol. The van der Waals surface area contributed by atoms with Gasteiger partial charge in [0.2, 0.25) is 0 Å². The Labute approximate surface area is 213 Å². The summed E-state index contributed by atoms with van der Waals surface area (Å²) in [7, 11) is 0. The zero-order valence-electron chi connectivity index (χ0n) is 20.4. The minimum absolute atomic E-state index is 0.124. The number of nitrogens with zero attached hydrogens (tertiary/aromatic N) is 5. The van der Waals surface area contributed by atoms with Gasteiger partial charge in [-0.2, -0.15) is 5.10 Å². The van der Waals surface area contributed by atoms with Gasteiger partial charge in [-0.25, -0.2) is 18.7 Å². The van der Waals surface area contributed by atoms with Crippen LogP contribution < -0.4 is 4.90 Å². The number of carboxylic acid groups (broad SMARTS) is 1. The summed E-state index contributed by atoms with van der Waals surface area (Å²) >= 11 is 0. The molecule has 1 saturated heterocycles. The molecule has 3 heterocycles. The van der Waals surface area contributed by atoms with Crippen LogP contribution in [0.1, 0.15) is 36.6 Å². The molecule has 190 valence electrons. The van der Waals surface area contributed by atoms with E-state index in [2.05, 4.69) is 15.1 Å². The summed E-state index contributed by atoms with van der Waals surface area (Å²) in [6, 6.07) is 17.6. The number of aryl methyl sites for hydroxylation is 1. The molecular weight excluding hydrogens is 476 g/mol. The van der Waals surface area contributed by atoms with Crippen molar-refractivity contribution in [3.8, 4) is 11.5 Å². The van der Waals surface area contributed by atoms with Crippen LogP contribution in [0.15, 0.2) is 66.9 Å². The van der Waals surface area contributed by atoms with E-state index in [0.717, 1.165) is 17.5 Å². The molecule has 0 unspecified atom stereocenters. The summed E-state index contributed by atoms with van der Waals surface area (Å²) in [6.07, 6.45) is 2.43. The second kappa shape index (κ2) is 10.1. The minimum atomic E-state index is -1.02. The second-order valence-electron chi connectivity index (χ2n) is 9.23. The van der Waals surface area contributed by atoms with Gasteiger partial charge in [0, 0.05) is 24.3 Å². The monoisotopic (exact) mass is 503 g/mol. The number of piperidine rings is 1. The molecule has 1 aliphatic rings. The van der Waals surface area contributed by atoms with Crippen LogP contribution in [0, 0.1) is 11.6 Å². The predicted octanol–water partition coefficient (Wildman–Crippen LogP) is 4.85. The third kappa shape index (κ3) is 4.69. The van der Waals surface area contributed by atoms with Crippen LogP contribution in [0.3, 0.4) is 0 Å². The van der Waals surface area contributed by atoms with Crippen molar-refractivity contribution >= 4 is 11.8 Å². The van der Waals surface area contributed by atoms with Gasteiger partial charge in [0.1, 0.15) is 11.5 Å². The van der Waals surface area contributed by atoms with Gasteiger partial charge < -0.3 is 10.0 Å². The Kier molecular flexibility index (Phi) is 6.69. The quantitative estimate of drug-likeness (QED) is 0.388. The first-order chi connectivity index (χ1) is 17.9. The van der Waals surface area contributed by atoms with E-state index in [1.807, 2.05) is 43.3 Å². The van der Waals surface area contributed by atoms with Crippen molar-refractivity contribution in [3.05, 3.63) is 95.3 Å². The van der Waals surface area contributed by atoms with Crippen LogP contribution >= 0.6 is 0 Å². The Morgan fingerprint density at radius 3 is 2.41 bits per heavy atom. The number of aliphatic carboxylic acids is 1. The van der Waals surface area contributed by atoms with Crippen LogP contribution in [0.25, 0.3) is 11.5 Å². The molecule has 5 rings (SSSR count). The van der Waals surface area contributed by atoms with Crippen molar-refractivity contribution < 1.29 is 18.7 Å². The van der Waals surface area contributed by atoms with Gasteiger partial charge in [-0.3, -0.25) is 9.48 Å². The number of anilines is 1. The smallest absolute Gasteiger partial charge is 0.314 e. The highest BCUT2D eigenvalue weighted by Gasteiger charge is 2.43. The van der Waals surface area contributed by atoms with Gasteiger partial charge in [-0.05, 0) is 37.0 Å². The molecule has 7 nitrogen and oxygen atoms in total. The molecule has 0 aliphatic carbocycles. The Morgan fingerprint density at radius 1 is 1.03 bits per heavy atom. The van der Waals surface area contributed by atoms with Crippen molar-refractivity contribution in [1.82, 2.24) is 19.7 Å². The Bertz CT molecular complexity index is 1420. The Morgan fingerprint density at radius 2 is 1.73 bits per heavy atom. The van der Waals surface area contributed by atoms with Gasteiger partial charge in [0.05, 0.1) is 18.2 Å². The standard InChI is InChI=1S/C28H27F2N5O2/c1-2-21-16-24(33-35(21)18-19-8-6-7-11-22(19)29)25-31-17-23(30)26(32-25)34-14-12-28(13-15-34,27(36)37)20-9-4-3-5-10-20/h3-11,16-17H,2,12-15,18H2,1H3,(H,36,37). The molecule has 0 atom stereocenters. The molecule has 0 bridgehead atoms. The summed E-state index contributed by atoms with van der Waals surface area (Å²) in [4.78, 5) is 22.7.